The summed E-state index contributed by atoms with van der Waals surface area (Å²) in [6, 6.07) is 9.41. The van der Waals surface area contributed by atoms with Gasteiger partial charge in [-0.25, -0.2) is 0 Å². The van der Waals surface area contributed by atoms with E-state index >= 15 is 0 Å². The summed E-state index contributed by atoms with van der Waals surface area (Å²) < 4.78 is 6.02. The van der Waals surface area contributed by atoms with E-state index in [0.29, 0.717) is 23.4 Å². The van der Waals surface area contributed by atoms with Crippen LogP contribution in [0.3, 0.4) is 0 Å². The molecule has 29 heavy (non-hydrogen) atoms. The predicted octanol–water partition coefficient (Wildman–Crippen LogP) is 3.20. The number of ether oxygens (including phenoxy) is 1. The highest BCUT2D eigenvalue weighted by atomic mass is 16.5. The summed E-state index contributed by atoms with van der Waals surface area (Å²) >= 11 is 0. The Kier molecular flexibility index (Phi) is 4.38. The number of phenolic OH excluding ortho intramolecular Hbond substituents is 1. The summed E-state index contributed by atoms with van der Waals surface area (Å²) in [5.41, 5.74) is 4.27. The number of rotatable bonds is 3. The van der Waals surface area contributed by atoms with Crippen LogP contribution in [0.2, 0.25) is 0 Å². The lowest BCUT2D eigenvalue weighted by atomic mass is 10.0. The van der Waals surface area contributed by atoms with Gasteiger partial charge >= 0.3 is 0 Å². The van der Waals surface area contributed by atoms with Crippen LogP contribution < -0.4 is 10.1 Å². The maximum Gasteiger partial charge on any atom is 0.231 e. The van der Waals surface area contributed by atoms with Crippen LogP contribution in [0.25, 0.3) is 17.0 Å². The fraction of sp³-hybridized carbons (Fsp3) is 0.261. The van der Waals surface area contributed by atoms with Crippen LogP contribution in [0.15, 0.2) is 42.3 Å². The minimum Gasteiger partial charge on any atom is -0.507 e. The van der Waals surface area contributed by atoms with Gasteiger partial charge in [-0.1, -0.05) is 11.6 Å². The number of benzene rings is 2. The molecule has 0 unspecified atom stereocenters. The van der Waals surface area contributed by atoms with Crippen LogP contribution in [0, 0.1) is 6.92 Å². The topological polar surface area (TPSA) is 77.6 Å². The quantitative estimate of drug-likeness (QED) is 0.600. The van der Waals surface area contributed by atoms with Crippen molar-refractivity contribution in [3.05, 3.63) is 64.5 Å². The number of hydrogen-bond acceptors (Lipinski definition) is 5. The van der Waals surface area contributed by atoms with E-state index in [2.05, 4.69) is 21.3 Å². The summed E-state index contributed by atoms with van der Waals surface area (Å²) in [7, 11) is 0. The number of carbonyl (C=O) groups excluding carboxylic acids is 1. The minimum atomic E-state index is -0.149. The number of Topliss-reactive ketones (excluding diaryl/α,β-unsaturated/α-hetero) is 1. The molecule has 1 aromatic heterocycles. The first kappa shape index (κ1) is 18.0. The lowest BCUT2D eigenvalue weighted by Crippen LogP contribution is -2.42. The Morgan fingerprint density at radius 2 is 2.03 bits per heavy atom. The minimum absolute atomic E-state index is 0.149. The van der Waals surface area contributed by atoms with Crippen molar-refractivity contribution in [2.75, 3.05) is 26.2 Å². The van der Waals surface area contributed by atoms with Gasteiger partial charge in [0.1, 0.15) is 11.5 Å². The summed E-state index contributed by atoms with van der Waals surface area (Å²) in [5.74, 6) is 0.785. The molecule has 0 amide bonds. The number of phenols is 1. The van der Waals surface area contributed by atoms with Crippen molar-refractivity contribution in [1.29, 1.82) is 0 Å². The molecule has 2 aliphatic heterocycles. The van der Waals surface area contributed by atoms with Crippen molar-refractivity contribution in [1.82, 2.24) is 15.2 Å². The zero-order valence-corrected chi connectivity index (χ0v) is 16.3. The third-order valence-electron chi connectivity index (χ3n) is 5.66. The van der Waals surface area contributed by atoms with E-state index in [1.54, 1.807) is 18.2 Å². The molecule has 0 aliphatic carbocycles. The molecule has 1 saturated heterocycles. The lowest BCUT2D eigenvalue weighted by Gasteiger charge is -2.27. The van der Waals surface area contributed by atoms with Gasteiger partial charge in [0, 0.05) is 55.4 Å². The van der Waals surface area contributed by atoms with Crippen LogP contribution in [0.1, 0.15) is 27.0 Å². The molecule has 2 aliphatic rings. The molecule has 6 heteroatoms. The average molecular weight is 389 g/mol. The van der Waals surface area contributed by atoms with Crippen molar-refractivity contribution in [3.8, 4) is 11.5 Å². The molecule has 5 rings (SSSR count). The summed E-state index contributed by atoms with van der Waals surface area (Å²) in [6.45, 7) is 6.23. The largest absolute Gasteiger partial charge is 0.507 e. The third-order valence-corrected chi connectivity index (χ3v) is 5.66. The maximum atomic E-state index is 13.0. The van der Waals surface area contributed by atoms with Crippen LogP contribution >= 0.6 is 0 Å². The molecule has 0 radical (unpaired) electrons. The zero-order chi connectivity index (χ0) is 20.0. The highest BCUT2D eigenvalue weighted by Gasteiger charge is 2.32. The number of aromatic nitrogens is 1. The van der Waals surface area contributed by atoms with Crippen molar-refractivity contribution < 1.29 is 14.6 Å². The van der Waals surface area contributed by atoms with Gasteiger partial charge in [0.05, 0.1) is 11.1 Å². The molecule has 2 aromatic carbocycles. The molecule has 0 bridgehead atoms. The number of nitrogens with one attached hydrogen (secondary N) is 2. The van der Waals surface area contributed by atoms with Crippen molar-refractivity contribution in [2.45, 2.75) is 13.5 Å². The number of aryl methyl sites for hydroxylation is 1. The van der Waals surface area contributed by atoms with Gasteiger partial charge in [-0.15, -0.1) is 0 Å². The van der Waals surface area contributed by atoms with E-state index in [1.807, 2.05) is 25.3 Å². The molecular weight excluding hydrogens is 366 g/mol. The van der Waals surface area contributed by atoms with Gasteiger partial charge < -0.3 is 20.1 Å². The SMILES string of the molecule is Cc1ccc2[nH]cc(/C=C3\Oc4c(ccc(O)c4CN4CCNCC4)C3=O)c2c1. The van der Waals surface area contributed by atoms with E-state index in [-0.39, 0.29) is 17.3 Å². The Morgan fingerprint density at radius 1 is 1.21 bits per heavy atom. The average Bonchev–Trinajstić information content (AvgIpc) is 3.26. The Hall–Kier alpha value is -3.09. The Balaban J connectivity index is 1.50. The molecule has 0 saturated carbocycles. The first-order chi connectivity index (χ1) is 14.1. The number of hydrogen-bond donors (Lipinski definition) is 3. The van der Waals surface area contributed by atoms with Gasteiger partial charge in [0.2, 0.25) is 5.78 Å². The standard InChI is InChI=1S/C23H23N3O3/c1-14-2-4-19-17(10-14)15(12-25-19)11-21-22(28)16-3-5-20(27)18(23(16)29-21)13-26-8-6-24-7-9-26/h2-5,10-12,24-25,27H,6-9,13H2,1H3/b21-11-. The Labute approximate surface area is 168 Å². The number of nitrogens with zero attached hydrogens (tertiary/aromatic N) is 1. The van der Waals surface area contributed by atoms with Gasteiger partial charge in [0.15, 0.2) is 5.76 Å². The molecule has 1 fully saturated rings. The highest BCUT2D eigenvalue weighted by molar-refractivity contribution is 6.15. The van der Waals surface area contributed by atoms with Gasteiger partial charge in [-0.05, 0) is 37.3 Å². The second-order valence-electron chi connectivity index (χ2n) is 7.70. The number of carbonyl (C=O) groups is 1. The number of aromatic amines is 1. The zero-order valence-electron chi connectivity index (χ0n) is 16.3. The number of allylic oxidation sites excluding steroid dienone is 1. The summed E-state index contributed by atoms with van der Waals surface area (Å²) in [4.78, 5) is 18.5. The van der Waals surface area contributed by atoms with Crippen molar-refractivity contribution >= 4 is 22.8 Å². The van der Waals surface area contributed by atoms with Gasteiger partial charge in [0.25, 0.3) is 0 Å². The molecular formula is C23H23N3O3. The normalized spacial score (nSPS) is 18.4. The fourth-order valence-electron chi connectivity index (χ4n) is 4.06. The highest BCUT2D eigenvalue weighted by Crippen LogP contribution is 2.40. The number of ketones is 1. The third kappa shape index (κ3) is 3.20. The number of aromatic hydroxyl groups is 1. The Bertz CT molecular complexity index is 1140. The van der Waals surface area contributed by atoms with E-state index in [9.17, 15) is 9.90 Å². The van der Waals surface area contributed by atoms with E-state index < -0.39 is 0 Å². The molecule has 0 atom stereocenters. The molecule has 0 spiro atoms. The van der Waals surface area contributed by atoms with E-state index in [0.717, 1.165) is 48.2 Å². The first-order valence-corrected chi connectivity index (χ1v) is 9.90. The summed E-state index contributed by atoms with van der Waals surface area (Å²) in [5, 5.41) is 14.8. The van der Waals surface area contributed by atoms with Crippen molar-refractivity contribution in [3.63, 3.8) is 0 Å². The van der Waals surface area contributed by atoms with Gasteiger partial charge in [-0.2, -0.15) is 0 Å². The number of H-pyrrole nitrogens is 1. The monoisotopic (exact) mass is 389 g/mol. The second kappa shape index (κ2) is 7.06. The molecule has 3 aromatic rings. The fourth-order valence-corrected chi connectivity index (χ4v) is 4.06. The predicted molar refractivity (Wildman–Crippen MR) is 112 cm³/mol. The van der Waals surface area contributed by atoms with Crippen LogP contribution in [0.5, 0.6) is 11.5 Å². The molecule has 3 N–H and O–H groups in total. The maximum absolute atomic E-state index is 13.0. The van der Waals surface area contributed by atoms with E-state index in [1.165, 1.54) is 0 Å². The van der Waals surface area contributed by atoms with Crippen LogP contribution in [-0.4, -0.2) is 47.0 Å². The smallest absolute Gasteiger partial charge is 0.231 e. The summed E-state index contributed by atoms with van der Waals surface area (Å²) in [6.07, 6.45) is 3.67. The van der Waals surface area contributed by atoms with Crippen molar-refractivity contribution in [2.24, 2.45) is 0 Å². The van der Waals surface area contributed by atoms with E-state index in [4.69, 9.17) is 4.74 Å². The van der Waals surface area contributed by atoms with Crippen LogP contribution in [-0.2, 0) is 6.54 Å². The lowest BCUT2D eigenvalue weighted by molar-refractivity contribution is 0.101. The van der Waals surface area contributed by atoms with Crippen LogP contribution in [0.4, 0.5) is 0 Å². The molecule has 148 valence electrons. The molecule has 6 nitrogen and oxygen atoms in total. The Morgan fingerprint density at radius 3 is 2.86 bits per heavy atom. The second-order valence-corrected chi connectivity index (χ2v) is 7.70. The number of piperazine rings is 1. The molecule has 3 heterocycles. The number of fused-ring (bicyclic) bond motifs is 2. The first-order valence-electron chi connectivity index (χ1n) is 9.90. The van der Waals surface area contributed by atoms with Gasteiger partial charge in [-0.3, -0.25) is 9.69 Å².